The molecule has 0 aromatic carbocycles. The Balaban J connectivity index is 2.73. The molecule has 11 heavy (non-hydrogen) atoms. The van der Waals surface area contributed by atoms with E-state index in [0.717, 1.165) is 0 Å². The summed E-state index contributed by atoms with van der Waals surface area (Å²) in [5, 5.41) is 0. The molecule has 1 fully saturated rings. The summed E-state index contributed by atoms with van der Waals surface area (Å²) in [6.45, 7) is 5.71. The van der Waals surface area contributed by atoms with E-state index in [4.69, 9.17) is 15.2 Å². The van der Waals surface area contributed by atoms with Crippen LogP contribution in [0.25, 0.3) is 0 Å². The Hall–Kier alpha value is -1.38. The number of nitrogens with two attached hydrogens (primary N) is 1. The quantitative estimate of drug-likeness (QED) is 0.616. The van der Waals surface area contributed by atoms with Crippen molar-refractivity contribution in [2.45, 2.75) is 6.92 Å². The van der Waals surface area contributed by atoms with E-state index in [2.05, 4.69) is 6.58 Å². The van der Waals surface area contributed by atoms with Crippen molar-refractivity contribution in [1.82, 2.24) is 0 Å². The van der Waals surface area contributed by atoms with Crippen molar-refractivity contribution in [2.24, 2.45) is 5.73 Å². The summed E-state index contributed by atoms with van der Waals surface area (Å²) in [6, 6.07) is 0. The van der Waals surface area contributed by atoms with Crippen molar-refractivity contribution in [1.29, 1.82) is 0 Å². The van der Waals surface area contributed by atoms with Gasteiger partial charge in [-0.15, -0.1) is 0 Å². The molecule has 0 atom stereocenters. The molecule has 0 unspecified atom stereocenters. The van der Waals surface area contributed by atoms with Gasteiger partial charge in [-0.25, -0.2) is 0 Å². The third-order valence-corrected chi connectivity index (χ3v) is 1.35. The van der Waals surface area contributed by atoms with Crippen molar-refractivity contribution in [3.8, 4) is 0 Å². The Kier molecular flexibility index (Phi) is 2.21. The van der Waals surface area contributed by atoms with Crippen molar-refractivity contribution < 1.29 is 9.47 Å². The molecule has 1 aliphatic rings. The molecule has 0 bridgehead atoms. The molecule has 0 aromatic rings. The van der Waals surface area contributed by atoms with Gasteiger partial charge in [0.2, 0.25) is 6.79 Å². The van der Waals surface area contributed by atoms with Gasteiger partial charge in [-0.3, -0.25) is 0 Å². The fraction of sp³-hybridized carbons (Fsp3) is 0.250. The molecule has 3 heteroatoms. The number of rotatable bonds is 1. The van der Waals surface area contributed by atoms with E-state index >= 15 is 0 Å². The SMILES string of the molecule is C=C1OCO/C1=C/C(N)=C\C. The second-order valence-electron chi connectivity index (χ2n) is 2.13. The lowest BCUT2D eigenvalue weighted by molar-refractivity contribution is 0.0980. The van der Waals surface area contributed by atoms with Crippen LogP contribution in [-0.2, 0) is 9.47 Å². The van der Waals surface area contributed by atoms with Gasteiger partial charge in [0.05, 0.1) is 0 Å². The van der Waals surface area contributed by atoms with Crippen molar-refractivity contribution >= 4 is 0 Å². The Morgan fingerprint density at radius 3 is 2.82 bits per heavy atom. The van der Waals surface area contributed by atoms with Crippen molar-refractivity contribution in [3.63, 3.8) is 0 Å². The highest BCUT2D eigenvalue weighted by molar-refractivity contribution is 5.27. The van der Waals surface area contributed by atoms with Gasteiger partial charge in [-0.2, -0.15) is 0 Å². The molecule has 0 aliphatic carbocycles. The van der Waals surface area contributed by atoms with Crippen molar-refractivity contribution in [3.05, 3.63) is 35.9 Å². The molecule has 1 saturated heterocycles. The first-order valence-electron chi connectivity index (χ1n) is 3.32. The second kappa shape index (κ2) is 3.14. The molecule has 0 saturated carbocycles. The van der Waals surface area contributed by atoms with Gasteiger partial charge in [-0.1, -0.05) is 12.7 Å². The van der Waals surface area contributed by atoms with Crippen LogP contribution in [0.5, 0.6) is 0 Å². The molecular weight excluding hydrogens is 142 g/mol. The monoisotopic (exact) mass is 153 g/mol. The van der Waals surface area contributed by atoms with Gasteiger partial charge in [-0.05, 0) is 6.92 Å². The molecule has 1 aliphatic heterocycles. The van der Waals surface area contributed by atoms with Crippen LogP contribution < -0.4 is 5.73 Å². The van der Waals surface area contributed by atoms with E-state index in [-0.39, 0.29) is 6.79 Å². The van der Waals surface area contributed by atoms with Crippen LogP contribution >= 0.6 is 0 Å². The highest BCUT2D eigenvalue weighted by Crippen LogP contribution is 2.19. The largest absolute Gasteiger partial charge is 0.454 e. The lowest BCUT2D eigenvalue weighted by Gasteiger charge is -1.94. The fourth-order valence-electron chi connectivity index (χ4n) is 0.673. The summed E-state index contributed by atoms with van der Waals surface area (Å²) in [4.78, 5) is 0. The summed E-state index contributed by atoms with van der Waals surface area (Å²) in [7, 11) is 0. The topological polar surface area (TPSA) is 44.5 Å². The molecule has 1 rings (SSSR count). The second-order valence-corrected chi connectivity index (χ2v) is 2.13. The maximum absolute atomic E-state index is 5.52. The van der Waals surface area contributed by atoms with Gasteiger partial charge in [0.15, 0.2) is 11.5 Å². The first kappa shape index (κ1) is 7.72. The highest BCUT2D eigenvalue weighted by atomic mass is 16.7. The van der Waals surface area contributed by atoms with Gasteiger partial charge in [0.25, 0.3) is 0 Å². The van der Waals surface area contributed by atoms with Gasteiger partial charge < -0.3 is 15.2 Å². The zero-order valence-corrected chi connectivity index (χ0v) is 6.46. The summed E-state index contributed by atoms with van der Waals surface area (Å²) in [6.07, 6.45) is 3.47. The van der Waals surface area contributed by atoms with E-state index in [1.165, 1.54) is 0 Å². The molecule has 0 aromatic heterocycles. The van der Waals surface area contributed by atoms with Crippen LogP contribution in [0.15, 0.2) is 35.9 Å². The summed E-state index contributed by atoms with van der Waals surface area (Å²) < 4.78 is 10.00. The number of hydrogen-bond donors (Lipinski definition) is 1. The lowest BCUT2D eigenvalue weighted by atomic mass is 10.3. The maximum Gasteiger partial charge on any atom is 0.231 e. The molecule has 0 amide bonds. The van der Waals surface area contributed by atoms with Crippen LogP contribution in [0.4, 0.5) is 0 Å². The molecule has 60 valence electrons. The molecule has 3 nitrogen and oxygen atoms in total. The minimum atomic E-state index is 0.238. The van der Waals surface area contributed by atoms with Crippen LogP contribution in [-0.4, -0.2) is 6.79 Å². The van der Waals surface area contributed by atoms with E-state index in [9.17, 15) is 0 Å². The Bertz CT molecular complexity index is 228. The van der Waals surface area contributed by atoms with Gasteiger partial charge >= 0.3 is 0 Å². The molecular formula is C8H11NO2. The summed E-state index contributed by atoms with van der Waals surface area (Å²) in [5.41, 5.74) is 6.17. The molecule has 0 spiro atoms. The van der Waals surface area contributed by atoms with Gasteiger partial charge in [0, 0.05) is 11.8 Å². The first-order valence-corrected chi connectivity index (χ1v) is 3.32. The maximum atomic E-state index is 5.52. The predicted octanol–water partition coefficient (Wildman–Crippen LogP) is 1.25. The highest BCUT2D eigenvalue weighted by Gasteiger charge is 2.12. The van der Waals surface area contributed by atoms with Gasteiger partial charge in [0.1, 0.15) is 0 Å². The van der Waals surface area contributed by atoms with E-state index in [0.29, 0.717) is 17.2 Å². The fourth-order valence-corrected chi connectivity index (χ4v) is 0.673. The average molecular weight is 153 g/mol. The zero-order chi connectivity index (χ0) is 8.27. The Labute approximate surface area is 65.8 Å². The smallest absolute Gasteiger partial charge is 0.231 e. The third-order valence-electron chi connectivity index (χ3n) is 1.35. The van der Waals surface area contributed by atoms with Crippen LogP contribution in [0, 0.1) is 0 Å². The minimum Gasteiger partial charge on any atom is -0.454 e. The van der Waals surface area contributed by atoms with E-state index < -0.39 is 0 Å². The average Bonchev–Trinajstić information content (AvgIpc) is 2.37. The number of allylic oxidation sites excluding steroid dienone is 2. The van der Waals surface area contributed by atoms with Crippen LogP contribution in [0.2, 0.25) is 0 Å². The first-order chi connectivity index (χ1) is 5.24. The van der Waals surface area contributed by atoms with Crippen molar-refractivity contribution in [2.75, 3.05) is 6.79 Å². The third kappa shape index (κ3) is 1.77. The zero-order valence-electron chi connectivity index (χ0n) is 6.46. The van der Waals surface area contributed by atoms with Crippen LogP contribution in [0.3, 0.4) is 0 Å². The predicted molar refractivity (Wildman–Crippen MR) is 42.2 cm³/mol. The van der Waals surface area contributed by atoms with Crippen LogP contribution in [0.1, 0.15) is 6.92 Å². The lowest BCUT2D eigenvalue weighted by Crippen LogP contribution is -1.94. The normalized spacial score (nSPS) is 21.7. The minimum absolute atomic E-state index is 0.238. The molecule has 0 radical (unpaired) electrons. The number of hydrogen-bond acceptors (Lipinski definition) is 3. The summed E-state index contributed by atoms with van der Waals surface area (Å²) >= 11 is 0. The molecule has 2 N–H and O–H groups in total. The number of ether oxygens (including phenoxy) is 2. The Morgan fingerprint density at radius 1 is 1.64 bits per heavy atom. The molecule has 1 heterocycles. The van der Waals surface area contributed by atoms with E-state index in [1.807, 2.05) is 6.92 Å². The standard InChI is InChI=1S/C8H11NO2/c1-3-7(9)4-8-6(2)10-5-11-8/h3-4H,2,5,9H2,1H3/b7-3+,8-4+. The summed E-state index contributed by atoms with van der Waals surface area (Å²) in [5.74, 6) is 1.15. The van der Waals surface area contributed by atoms with E-state index in [1.54, 1.807) is 12.2 Å². The Morgan fingerprint density at radius 2 is 2.36 bits per heavy atom.